The van der Waals surface area contributed by atoms with Gasteiger partial charge < -0.3 is 10.2 Å². The van der Waals surface area contributed by atoms with Crippen molar-refractivity contribution in [3.63, 3.8) is 0 Å². The fraction of sp³-hybridized carbons (Fsp3) is 0.0345. The Labute approximate surface area is 216 Å². The van der Waals surface area contributed by atoms with Crippen LogP contribution in [0.5, 0.6) is 0 Å². The number of nitrogens with one attached hydrogen (secondary N) is 1. The van der Waals surface area contributed by atoms with Crippen LogP contribution in [0.3, 0.4) is 0 Å². The summed E-state index contributed by atoms with van der Waals surface area (Å²) < 4.78 is 0.956. The summed E-state index contributed by atoms with van der Waals surface area (Å²) in [5, 5.41) is 3.93. The number of nitrogens with zero attached hydrogens (tertiary/aromatic N) is 1. The molecule has 6 rings (SSSR count). The molecule has 0 fully saturated rings. The van der Waals surface area contributed by atoms with E-state index in [9.17, 15) is 9.59 Å². The molecule has 0 bridgehead atoms. The zero-order valence-corrected chi connectivity index (χ0v) is 20.7. The first kappa shape index (κ1) is 21.8. The van der Waals surface area contributed by atoms with Gasteiger partial charge in [-0.1, -0.05) is 82.1 Å². The van der Waals surface area contributed by atoms with Gasteiger partial charge in [0.05, 0.1) is 6.04 Å². The number of carbonyl (C=O) groups is 2. The molecule has 6 heteroatoms. The lowest BCUT2D eigenvalue weighted by atomic mass is 9.88. The Morgan fingerprint density at radius 3 is 2.09 bits per heavy atom. The standard InChI is InChI=1S/C29H18BrClN2O2/c30-18-11-9-17(10-12-18)26-23-7-3-4-8-24(23)32-25-27(33(26)20-15-13-19(31)14-16-20)29(35)22-6-2-1-5-21(22)28(25)34/h1-16,26,32H. The zero-order chi connectivity index (χ0) is 24.1. The monoisotopic (exact) mass is 540 g/mol. The van der Waals surface area contributed by atoms with Crippen LogP contribution < -0.4 is 10.2 Å². The summed E-state index contributed by atoms with van der Waals surface area (Å²) in [5.41, 5.74) is 4.86. The molecule has 1 N–H and O–H groups in total. The molecule has 1 atom stereocenters. The number of hydrogen-bond donors (Lipinski definition) is 1. The maximum atomic E-state index is 14.1. The molecule has 1 aliphatic carbocycles. The third kappa shape index (κ3) is 3.59. The molecule has 1 unspecified atom stereocenters. The van der Waals surface area contributed by atoms with E-state index in [1.165, 1.54) is 0 Å². The summed E-state index contributed by atoms with van der Waals surface area (Å²) in [6.07, 6.45) is 0. The fourth-order valence-electron chi connectivity index (χ4n) is 4.81. The molecule has 1 aliphatic heterocycles. The number of ketones is 2. The van der Waals surface area contributed by atoms with Crippen molar-refractivity contribution in [3.05, 3.63) is 140 Å². The predicted molar refractivity (Wildman–Crippen MR) is 142 cm³/mol. The van der Waals surface area contributed by atoms with Crippen molar-refractivity contribution in [2.75, 3.05) is 10.2 Å². The van der Waals surface area contributed by atoms with Crippen LogP contribution in [-0.2, 0) is 0 Å². The van der Waals surface area contributed by atoms with Crippen molar-refractivity contribution in [3.8, 4) is 0 Å². The summed E-state index contributed by atoms with van der Waals surface area (Å²) in [6.45, 7) is 0. The van der Waals surface area contributed by atoms with Crippen molar-refractivity contribution >= 4 is 50.5 Å². The topological polar surface area (TPSA) is 49.4 Å². The summed E-state index contributed by atoms with van der Waals surface area (Å²) in [7, 11) is 0. The van der Waals surface area contributed by atoms with Gasteiger partial charge in [0, 0.05) is 37.6 Å². The maximum absolute atomic E-state index is 14.1. The number of para-hydroxylation sites is 1. The van der Waals surface area contributed by atoms with E-state index in [2.05, 4.69) is 21.2 Å². The van der Waals surface area contributed by atoms with E-state index in [0.717, 1.165) is 27.0 Å². The zero-order valence-electron chi connectivity index (χ0n) is 18.3. The van der Waals surface area contributed by atoms with Crippen LogP contribution in [0.1, 0.15) is 37.9 Å². The molecule has 0 saturated carbocycles. The number of benzene rings is 4. The average molecular weight is 542 g/mol. The Bertz CT molecular complexity index is 1530. The third-order valence-corrected chi connectivity index (χ3v) is 7.18. The van der Waals surface area contributed by atoms with Gasteiger partial charge in [0.2, 0.25) is 11.6 Å². The van der Waals surface area contributed by atoms with Crippen molar-refractivity contribution in [1.29, 1.82) is 0 Å². The molecular formula is C29H18BrClN2O2. The Morgan fingerprint density at radius 1 is 0.743 bits per heavy atom. The fourth-order valence-corrected chi connectivity index (χ4v) is 5.20. The van der Waals surface area contributed by atoms with Crippen LogP contribution in [0, 0.1) is 0 Å². The molecule has 4 nitrogen and oxygen atoms in total. The van der Waals surface area contributed by atoms with E-state index in [-0.39, 0.29) is 23.3 Å². The van der Waals surface area contributed by atoms with Gasteiger partial charge in [-0.2, -0.15) is 0 Å². The minimum Gasteiger partial charge on any atom is -0.350 e. The van der Waals surface area contributed by atoms with Crippen molar-refractivity contribution < 1.29 is 9.59 Å². The van der Waals surface area contributed by atoms with E-state index in [4.69, 9.17) is 11.6 Å². The van der Waals surface area contributed by atoms with Crippen molar-refractivity contribution in [2.24, 2.45) is 0 Å². The maximum Gasteiger partial charge on any atom is 0.212 e. The number of allylic oxidation sites excluding steroid dienone is 2. The van der Waals surface area contributed by atoms with E-state index in [1.807, 2.05) is 65.6 Å². The van der Waals surface area contributed by atoms with Gasteiger partial charge in [-0.25, -0.2) is 0 Å². The highest BCUT2D eigenvalue weighted by Gasteiger charge is 2.41. The molecule has 0 spiro atoms. The lowest BCUT2D eigenvalue weighted by molar-refractivity contribution is 0.0973. The van der Waals surface area contributed by atoms with Gasteiger partial charge in [-0.3, -0.25) is 9.59 Å². The molecule has 4 aromatic rings. The minimum absolute atomic E-state index is 0.201. The second kappa shape index (κ2) is 8.52. The highest BCUT2D eigenvalue weighted by Crippen LogP contribution is 2.45. The first-order valence-electron chi connectivity index (χ1n) is 11.1. The largest absolute Gasteiger partial charge is 0.350 e. The lowest BCUT2D eigenvalue weighted by Gasteiger charge is -2.36. The number of hydrogen-bond acceptors (Lipinski definition) is 4. The van der Waals surface area contributed by atoms with Crippen LogP contribution in [0.4, 0.5) is 11.4 Å². The number of fused-ring (bicyclic) bond motifs is 2. The number of carbonyl (C=O) groups excluding carboxylic acids is 2. The minimum atomic E-state index is -0.373. The Morgan fingerprint density at radius 2 is 1.37 bits per heavy atom. The number of anilines is 2. The van der Waals surface area contributed by atoms with Crippen LogP contribution in [-0.4, -0.2) is 11.6 Å². The Kier molecular flexibility index (Phi) is 5.32. The normalized spacial score (nSPS) is 16.7. The quantitative estimate of drug-likeness (QED) is 0.287. The molecule has 0 saturated heterocycles. The summed E-state index contributed by atoms with van der Waals surface area (Å²) in [6, 6.07) is 29.8. The van der Waals surface area contributed by atoms with Gasteiger partial charge in [0.1, 0.15) is 11.4 Å². The predicted octanol–water partition coefficient (Wildman–Crippen LogP) is 7.41. The molecule has 170 valence electrons. The van der Waals surface area contributed by atoms with Crippen molar-refractivity contribution in [1.82, 2.24) is 0 Å². The summed E-state index contributed by atoms with van der Waals surface area (Å²) in [4.78, 5) is 29.8. The van der Waals surface area contributed by atoms with E-state index < -0.39 is 0 Å². The second-order valence-electron chi connectivity index (χ2n) is 8.44. The summed E-state index contributed by atoms with van der Waals surface area (Å²) >= 11 is 9.75. The molecule has 1 heterocycles. The molecule has 4 aromatic carbocycles. The molecule has 0 radical (unpaired) electrons. The Hall–Kier alpha value is -3.67. The van der Waals surface area contributed by atoms with Gasteiger partial charge in [0.25, 0.3) is 0 Å². The summed E-state index contributed by atoms with van der Waals surface area (Å²) in [5.74, 6) is -0.409. The first-order valence-corrected chi connectivity index (χ1v) is 12.3. The van der Waals surface area contributed by atoms with Crippen LogP contribution in [0.15, 0.2) is 113 Å². The van der Waals surface area contributed by atoms with Crippen LogP contribution in [0.2, 0.25) is 5.02 Å². The first-order chi connectivity index (χ1) is 17.0. The number of Topliss-reactive ketones (excluding diaryl/α,β-unsaturated/α-hetero) is 2. The molecule has 2 aliphatic rings. The third-order valence-electron chi connectivity index (χ3n) is 6.40. The van der Waals surface area contributed by atoms with Gasteiger partial charge in [-0.05, 0) is 48.0 Å². The number of halogens is 2. The SMILES string of the molecule is O=C1C2=C(C(=O)c3ccccc31)N(c1ccc(Cl)cc1)C(c1ccc(Br)cc1)c1ccccc1N2. The smallest absolute Gasteiger partial charge is 0.212 e. The molecular weight excluding hydrogens is 524 g/mol. The van der Waals surface area contributed by atoms with Crippen LogP contribution >= 0.6 is 27.5 Å². The van der Waals surface area contributed by atoms with Crippen LogP contribution in [0.25, 0.3) is 0 Å². The molecule has 35 heavy (non-hydrogen) atoms. The highest BCUT2D eigenvalue weighted by molar-refractivity contribution is 9.10. The van der Waals surface area contributed by atoms with Gasteiger partial charge in [0.15, 0.2) is 0 Å². The molecule has 0 amide bonds. The van der Waals surface area contributed by atoms with E-state index in [1.54, 1.807) is 36.4 Å². The number of rotatable bonds is 2. The van der Waals surface area contributed by atoms with Crippen molar-refractivity contribution in [2.45, 2.75) is 6.04 Å². The van der Waals surface area contributed by atoms with E-state index in [0.29, 0.717) is 21.8 Å². The average Bonchev–Trinajstić information content (AvgIpc) is 3.03. The van der Waals surface area contributed by atoms with E-state index >= 15 is 0 Å². The Balaban J connectivity index is 1.69. The lowest BCUT2D eigenvalue weighted by Crippen LogP contribution is -2.37. The highest BCUT2D eigenvalue weighted by atomic mass is 79.9. The van der Waals surface area contributed by atoms with Gasteiger partial charge in [-0.15, -0.1) is 0 Å². The van der Waals surface area contributed by atoms with Gasteiger partial charge >= 0.3 is 0 Å². The molecule has 0 aromatic heterocycles. The second-order valence-corrected chi connectivity index (χ2v) is 9.79.